The van der Waals surface area contributed by atoms with Crippen LogP contribution >= 0.6 is 0 Å². The summed E-state index contributed by atoms with van der Waals surface area (Å²) in [5.41, 5.74) is 5.80. The maximum atomic E-state index is 12.6. The number of hydrogen-bond donors (Lipinski definition) is 1. The number of nitrogens with zero attached hydrogens (tertiary/aromatic N) is 3. The van der Waals surface area contributed by atoms with Gasteiger partial charge in [0.1, 0.15) is 0 Å². The second-order valence-electron chi connectivity index (χ2n) is 6.45. The lowest BCUT2D eigenvalue weighted by Crippen LogP contribution is -2.12. The van der Waals surface area contributed by atoms with Crippen LogP contribution in [-0.4, -0.2) is 20.5 Å². The van der Waals surface area contributed by atoms with Crippen molar-refractivity contribution in [3.05, 3.63) is 83.7 Å². The first kappa shape index (κ1) is 17.0. The van der Waals surface area contributed by atoms with E-state index in [2.05, 4.69) is 22.3 Å². The molecule has 0 fully saturated rings. The molecule has 1 N–H and O–H groups in total. The zero-order chi connectivity index (χ0) is 18.8. The van der Waals surface area contributed by atoms with Crippen LogP contribution in [0.2, 0.25) is 0 Å². The average Bonchev–Trinajstić information content (AvgIpc) is 3.14. The van der Waals surface area contributed by atoms with Crippen LogP contribution in [0.15, 0.2) is 66.7 Å². The van der Waals surface area contributed by atoms with Gasteiger partial charge in [0.05, 0.1) is 5.69 Å². The molecule has 2 heterocycles. The van der Waals surface area contributed by atoms with Crippen molar-refractivity contribution < 1.29 is 4.79 Å². The van der Waals surface area contributed by atoms with Gasteiger partial charge in [0.25, 0.3) is 5.91 Å². The van der Waals surface area contributed by atoms with Gasteiger partial charge in [-0.05, 0) is 37.1 Å². The Bertz CT molecular complexity index is 1100. The normalized spacial score (nSPS) is 10.9. The fourth-order valence-corrected chi connectivity index (χ4v) is 3.01. The lowest BCUT2D eigenvalue weighted by Gasteiger charge is -2.04. The lowest BCUT2D eigenvalue weighted by atomic mass is 10.1. The molecule has 2 aromatic heterocycles. The number of aryl methyl sites for hydroxylation is 2. The van der Waals surface area contributed by atoms with Crippen molar-refractivity contribution in [2.24, 2.45) is 0 Å². The first-order chi connectivity index (χ1) is 13.1. The zero-order valence-corrected chi connectivity index (χ0v) is 15.3. The summed E-state index contributed by atoms with van der Waals surface area (Å²) in [6.07, 6.45) is 0.968. The molecule has 27 heavy (non-hydrogen) atoms. The highest BCUT2D eigenvalue weighted by Gasteiger charge is 2.14. The van der Waals surface area contributed by atoms with Crippen LogP contribution in [0.1, 0.15) is 28.7 Å². The van der Waals surface area contributed by atoms with E-state index in [1.54, 1.807) is 10.6 Å². The van der Waals surface area contributed by atoms with Gasteiger partial charge in [-0.2, -0.15) is 5.10 Å². The molecular weight excluding hydrogens is 336 g/mol. The lowest BCUT2D eigenvalue weighted by molar-refractivity contribution is 0.102. The number of benzene rings is 2. The molecule has 0 radical (unpaired) electrons. The highest BCUT2D eigenvalue weighted by atomic mass is 16.1. The van der Waals surface area contributed by atoms with Crippen LogP contribution in [0.3, 0.4) is 0 Å². The summed E-state index contributed by atoms with van der Waals surface area (Å²) in [5, 5.41) is 7.31. The molecule has 0 atom stereocenters. The van der Waals surface area contributed by atoms with E-state index in [0.717, 1.165) is 29.1 Å². The number of carbonyl (C=O) groups is 1. The maximum absolute atomic E-state index is 12.6. The van der Waals surface area contributed by atoms with Crippen molar-refractivity contribution in [1.29, 1.82) is 0 Å². The molecule has 0 bridgehead atoms. The van der Waals surface area contributed by atoms with Crippen LogP contribution in [0, 0.1) is 6.92 Å². The first-order valence-electron chi connectivity index (χ1n) is 8.97. The van der Waals surface area contributed by atoms with E-state index < -0.39 is 0 Å². The Balaban J connectivity index is 1.64. The van der Waals surface area contributed by atoms with Gasteiger partial charge in [-0.25, -0.2) is 9.50 Å². The molecule has 5 heteroatoms. The zero-order valence-electron chi connectivity index (χ0n) is 15.3. The minimum Gasteiger partial charge on any atom is -0.321 e. The van der Waals surface area contributed by atoms with Crippen molar-refractivity contribution in [3.8, 4) is 11.3 Å². The third-order valence-corrected chi connectivity index (χ3v) is 4.53. The van der Waals surface area contributed by atoms with Gasteiger partial charge in [0, 0.05) is 23.0 Å². The van der Waals surface area contributed by atoms with Gasteiger partial charge >= 0.3 is 0 Å². The Morgan fingerprint density at radius 2 is 1.78 bits per heavy atom. The number of fused-ring (bicyclic) bond motifs is 1. The molecule has 134 valence electrons. The summed E-state index contributed by atoms with van der Waals surface area (Å²) in [6.45, 7) is 4.06. The summed E-state index contributed by atoms with van der Waals surface area (Å²) >= 11 is 0. The Morgan fingerprint density at radius 3 is 2.48 bits per heavy atom. The van der Waals surface area contributed by atoms with E-state index in [0.29, 0.717) is 11.3 Å². The maximum Gasteiger partial charge on any atom is 0.276 e. The fraction of sp³-hybridized carbons (Fsp3) is 0.136. The van der Waals surface area contributed by atoms with E-state index in [4.69, 9.17) is 0 Å². The van der Waals surface area contributed by atoms with Crippen LogP contribution < -0.4 is 5.32 Å². The molecule has 0 aliphatic heterocycles. The smallest absolute Gasteiger partial charge is 0.276 e. The van der Waals surface area contributed by atoms with Crippen molar-refractivity contribution >= 4 is 17.2 Å². The summed E-state index contributed by atoms with van der Waals surface area (Å²) < 4.78 is 1.70. The summed E-state index contributed by atoms with van der Waals surface area (Å²) in [4.78, 5) is 17.2. The van der Waals surface area contributed by atoms with Gasteiger partial charge in [-0.15, -0.1) is 0 Å². The average molecular weight is 356 g/mol. The Morgan fingerprint density at radius 1 is 1.04 bits per heavy atom. The standard InChI is InChI=1S/C22H20N4O/c1-3-16-9-11-18(12-10-16)23-22(27)20-14-21-24-19(13-15(2)26(21)25-20)17-7-5-4-6-8-17/h4-14H,3H2,1-2H3,(H,23,27). The third kappa shape index (κ3) is 3.44. The number of amides is 1. The van der Waals surface area contributed by atoms with Gasteiger partial charge in [0.2, 0.25) is 0 Å². The van der Waals surface area contributed by atoms with Gasteiger partial charge < -0.3 is 5.32 Å². The molecule has 5 nitrogen and oxygen atoms in total. The number of anilines is 1. The fourth-order valence-electron chi connectivity index (χ4n) is 3.01. The number of hydrogen-bond acceptors (Lipinski definition) is 3. The van der Waals surface area contributed by atoms with E-state index in [1.807, 2.05) is 67.6 Å². The van der Waals surface area contributed by atoms with Gasteiger partial charge in [-0.3, -0.25) is 4.79 Å². The van der Waals surface area contributed by atoms with Crippen LogP contribution in [0.4, 0.5) is 5.69 Å². The first-order valence-corrected chi connectivity index (χ1v) is 8.97. The molecule has 0 saturated heterocycles. The second kappa shape index (κ2) is 7.03. The summed E-state index contributed by atoms with van der Waals surface area (Å²) in [5.74, 6) is -0.245. The highest BCUT2D eigenvalue weighted by molar-refractivity contribution is 6.03. The Kier molecular flexibility index (Phi) is 4.42. The predicted octanol–water partition coefficient (Wildman–Crippen LogP) is 4.52. The highest BCUT2D eigenvalue weighted by Crippen LogP contribution is 2.20. The molecule has 4 rings (SSSR count). The summed E-state index contributed by atoms with van der Waals surface area (Å²) in [6, 6.07) is 21.5. The molecule has 0 spiro atoms. The van der Waals surface area contributed by atoms with E-state index in [9.17, 15) is 4.79 Å². The Labute approximate surface area is 157 Å². The molecule has 2 aromatic carbocycles. The van der Waals surface area contributed by atoms with Crippen molar-refractivity contribution in [3.63, 3.8) is 0 Å². The minimum absolute atomic E-state index is 0.245. The van der Waals surface area contributed by atoms with Crippen molar-refractivity contribution in [2.75, 3.05) is 5.32 Å². The number of aromatic nitrogens is 3. The second-order valence-corrected chi connectivity index (χ2v) is 6.45. The quantitative estimate of drug-likeness (QED) is 0.585. The Hall–Kier alpha value is -3.47. The molecule has 0 unspecified atom stereocenters. The molecular formula is C22H20N4O. The SMILES string of the molecule is CCc1ccc(NC(=O)c2cc3nc(-c4ccccc4)cc(C)n3n2)cc1. The van der Waals surface area contributed by atoms with Crippen LogP contribution in [-0.2, 0) is 6.42 Å². The number of rotatable bonds is 4. The minimum atomic E-state index is -0.245. The van der Waals surface area contributed by atoms with E-state index in [-0.39, 0.29) is 5.91 Å². The number of nitrogens with one attached hydrogen (secondary N) is 1. The summed E-state index contributed by atoms with van der Waals surface area (Å²) in [7, 11) is 0. The monoisotopic (exact) mass is 356 g/mol. The van der Waals surface area contributed by atoms with Gasteiger partial charge in [-0.1, -0.05) is 49.4 Å². The van der Waals surface area contributed by atoms with Crippen LogP contribution in [0.25, 0.3) is 16.9 Å². The topological polar surface area (TPSA) is 59.3 Å². The number of carbonyl (C=O) groups excluding carboxylic acids is 1. The third-order valence-electron chi connectivity index (χ3n) is 4.53. The van der Waals surface area contributed by atoms with Crippen LogP contribution in [0.5, 0.6) is 0 Å². The molecule has 0 aliphatic rings. The molecule has 1 amide bonds. The van der Waals surface area contributed by atoms with E-state index in [1.165, 1.54) is 5.56 Å². The van der Waals surface area contributed by atoms with Crippen molar-refractivity contribution in [2.45, 2.75) is 20.3 Å². The predicted molar refractivity (Wildman–Crippen MR) is 107 cm³/mol. The van der Waals surface area contributed by atoms with E-state index >= 15 is 0 Å². The molecule has 0 aliphatic carbocycles. The largest absolute Gasteiger partial charge is 0.321 e. The molecule has 4 aromatic rings. The van der Waals surface area contributed by atoms with Gasteiger partial charge in [0.15, 0.2) is 11.3 Å². The van der Waals surface area contributed by atoms with Crippen molar-refractivity contribution in [1.82, 2.24) is 14.6 Å². The molecule has 0 saturated carbocycles.